The fourth-order valence-electron chi connectivity index (χ4n) is 2.64. The summed E-state index contributed by atoms with van der Waals surface area (Å²) < 4.78 is 29.1. The van der Waals surface area contributed by atoms with E-state index in [1.165, 1.54) is 6.26 Å². The maximum atomic E-state index is 11.6. The highest BCUT2D eigenvalue weighted by atomic mass is 32.2. The molecule has 0 spiro atoms. The second-order valence-corrected chi connectivity index (χ2v) is 7.84. The Kier molecular flexibility index (Phi) is 4.48. The van der Waals surface area contributed by atoms with E-state index in [9.17, 15) is 13.2 Å². The zero-order valence-electron chi connectivity index (χ0n) is 11.8. The monoisotopic (exact) mass is 296 g/mol. The first-order chi connectivity index (χ1) is 9.40. The summed E-state index contributed by atoms with van der Waals surface area (Å²) in [4.78, 5) is 11.1. The first kappa shape index (κ1) is 15.0. The van der Waals surface area contributed by atoms with Gasteiger partial charge in [0, 0.05) is 12.7 Å². The van der Waals surface area contributed by atoms with Gasteiger partial charge in [0.25, 0.3) is 0 Å². The molecule has 0 bridgehead atoms. The van der Waals surface area contributed by atoms with Gasteiger partial charge >= 0.3 is 0 Å². The molecule has 0 saturated heterocycles. The average Bonchev–Trinajstić information content (AvgIpc) is 2.40. The number of carbonyl (C=O) groups is 1. The van der Waals surface area contributed by atoms with Crippen molar-refractivity contribution in [1.29, 1.82) is 0 Å². The van der Waals surface area contributed by atoms with Crippen molar-refractivity contribution >= 4 is 16.1 Å². The second-order valence-electron chi connectivity index (χ2n) is 5.52. The van der Waals surface area contributed by atoms with Crippen LogP contribution in [0.15, 0.2) is 18.2 Å². The maximum absolute atomic E-state index is 11.6. The third kappa shape index (κ3) is 3.60. The Morgan fingerprint density at radius 2 is 2.05 bits per heavy atom. The van der Waals surface area contributed by atoms with E-state index in [4.69, 9.17) is 4.74 Å². The molecule has 5 heteroatoms. The number of carbonyl (C=O) groups excluding carboxylic acids is 1. The average molecular weight is 296 g/mol. The summed E-state index contributed by atoms with van der Waals surface area (Å²) in [7, 11) is -3.02. The van der Waals surface area contributed by atoms with Crippen LogP contribution in [0.1, 0.15) is 41.6 Å². The Morgan fingerprint density at radius 1 is 1.30 bits per heavy atom. The molecule has 20 heavy (non-hydrogen) atoms. The minimum atomic E-state index is -3.02. The SMILES string of the molecule is Cc1ccc(OC2CCCC(S(C)(=O)=O)C2)c(C=O)c1. The van der Waals surface area contributed by atoms with E-state index in [1.54, 1.807) is 12.1 Å². The van der Waals surface area contributed by atoms with Gasteiger partial charge in [-0.3, -0.25) is 4.79 Å². The standard InChI is InChI=1S/C15H20O4S/c1-11-6-7-15(12(8-11)10-16)19-13-4-3-5-14(9-13)20(2,17)18/h6-8,10,13-14H,3-5,9H2,1-2H3. The van der Waals surface area contributed by atoms with Gasteiger partial charge < -0.3 is 4.74 Å². The van der Waals surface area contributed by atoms with Gasteiger partial charge in [0.2, 0.25) is 0 Å². The van der Waals surface area contributed by atoms with Gasteiger partial charge in [0.15, 0.2) is 6.29 Å². The van der Waals surface area contributed by atoms with Crippen LogP contribution in [0.4, 0.5) is 0 Å². The molecule has 1 aliphatic rings. The molecule has 1 aliphatic carbocycles. The van der Waals surface area contributed by atoms with E-state index in [0.717, 1.165) is 24.7 Å². The summed E-state index contributed by atoms with van der Waals surface area (Å²) in [6.07, 6.45) is 4.80. The molecular formula is C15H20O4S. The molecule has 0 aromatic heterocycles. The van der Waals surface area contributed by atoms with Crippen molar-refractivity contribution in [2.45, 2.75) is 44.0 Å². The first-order valence-corrected chi connectivity index (χ1v) is 8.77. The largest absolute Gasteiger partial charge is 0.490 e. The summed E-state index contributed by atoms with van der Waals surface area (Å²) in [6, 6.07) is 5.45. The number of hydrogen-bond acceptors (Lipinski definition) is 4. The van der Waals surface area contributed by atoms with Crippen LogP contribution in [0, 0.1) is 6.92 Å². The fourth-order valence-corrected chi connectivity index (χ4v) is 3.80. The van der Waals surface area contributed by atoms with E-state index in [0.29, 0.717) is 24.2 Å². The lowest BCUT2D eigenvalue weighted by Gasteiger charge is -2.29. The predicted molar refractivity (Wildman–Crippen MR) is 78.1 cm³/mol. The third-order valence-corrected chi connectivity index (χ3v) is 5.41. The molecule has 0 aliphatic heterocycles. The molecule has 4 nitrogen and oxygen atoms in total. The lowest BCUT2D eigenvalue weighted by molar-refractivity contribution is 0.111. The van der Waals surface area contributed by atoms with Gasteiger partial charge in [-0.25, -0.2) is 8.42 Å². The van der Waals surface area contributed by atoms with Crippen LogP contribution in [-0.2, 0) is 9.84 Å². The molecule has 110 valence electrons. The summed E-state index contributed by atoms with van der Waals surface area (Å²) in [5.41, 5.74) is 1.52. The molecule has 0 amide bonds. The highest BCUT2D eigenvalue weighted by Gasteiger charge is 2.30. The van der Waals surface area contributed by atoms with Gasteiger partial charge in [0.1, 0.15) is 15.6 Å². The van der Waals surface area contributed by atoms with E-state index < -0.39 is 9.84 Å². The van der Waals surface area contributed by atoms with Crippen LogP contribution in [0.3, 0.4) is 0 Å². The molecule has 2 rings (SSSR count). The number of ether oxygens (including phenoxy) is 1. The Labute approximate surface area is 120 Å². The number of rotatable bonds is 4. The molecular weight excluding hydrogens is 276 g/mol. The van der Waals surface area contributed by atoms with Crippen molar-refractivity contribution in [3.8, 4) is 5.75 Å². The van der Waals surface area contributed by atoms with Crippen LogP contribution in [0.2, 0.25) is 0 Å². The highest BCUT2D eigenvalue weighted by Crippen LogP contribution is 2.29. The number of benzene rings is 1. The molecule has 0 N–H and O–H groups in total. The number of hydrogen-bond donors (Lipinski definition) is 0. The molecule has 1 aromatic rings. The van der Waals surface area contributed by atoms with Crippen molar-refractivity contribution in [2.75, 3.05) is 6.26 Å². The number of aldehydes is 1. The van der Waals surface area contributed by atoms with Gasteiger partial charge in [-0.2, -0.15) is 0 Å². The molecule has 2 unspecified atom stereocenters. The van der Waals surface area contributed by atoms with Crippen molar-refractivity contribution in [1.82, 2.24) is 0 Å². The molecule has 1 aromatic carbocycles. The predicted octanol–water partition coefficient (Wildman–Crippen LogP) is 2.54. The van der Waals surface area contributed by atoms with Gasteiger partial charge in [-0.05, 0) is 38.3 Å². The summed E-state index contributed by atoms with van der Waals surface area (Å²) in [5.74, 6) is 0.546. The first-order valence-electron chi connectivity index (χ1n) is 6.81. The zero-order valence-corrected chi connectivity index (χ0v) is 12.7. The van der Waals surface area contributed by atoms with Gasteiger partial charge in [-0.15, -0.1) is 0 Å². The van der Waals surface area contributed by atoms with Gasteiger partial charge in [-0.1, -0.05) is 11.6 Å². The Morgan fingerprint density at radius 3 is 2.70 bits per heavy atom. The quantitative estimate of drug-likeness (QED) is 0.801. The molecule has 1 fully saturated rings. The van der Waals surface area contributed by atoms with Gasteiger partial charge in [0.05, 0.1) is 16.9 Å². The lowest BCUT2D eigenvalue weighted by atomic mass is 9.97. The fraction of sp³-hybridized carbons (Fsp3) is 0.533. The van der Waals surface area contributed by atoms with Crippen molar-refractivity contribution in [2.24, 2.45) is 0 Å². The molecule has 0 heterocycles. The Balaban J connectivity index is 2.12. The van der Waals surface area contributed by atoms with E-state index >= 15 is 0 Å². The summed E-state index contributed by atoms with van der Waals surface area (Å²) >= 11 is 0. The minimum Gasteiger partial charge on any atom is -0.490 e. The summed E-state index contributed by atoms with van der Waals surface area (Å²) in [6.45, 7) is 1.91. The zero-order chi connectivity index (χ0) is 14.8. The minimum absolute atomic E-state index is 0.134. The third-order valence-electron chi connectivity index (χ3n) is 3.77. The van der Waals surface area contributed by atoms with Crippen molar-refractivity contribution < 1.29 is 17.9 Å². The van der Waals surface area contributed by atoms with Crippen LogP contribution in [0.25, 0.3) is 0 Å². The second kappa shape index (κ2) is 5.95. The van der Waals surface area contributed by atoms with E-state index in [1.807, 2.05) is 13.0 Å². The Bertz CT molecular complexity index is 592. The number of aryl methyl sites for hydroxylation is 1. The highest BCUT2D eigenvalue weighted by molar-refractivity contribution is 7.91. The maximum Gasteiger partial charge on any atom is 0.153 e. The van der Waals surface area contributed by atoms with Crippen LogP contribution in [0.5, 0.6) is 5.75 Å². The topological polar surface area (TPSA) is 60.4 Å². The normalized spacial score (nSPS) is 23.3. The van der Waals surface area contributed by atoms with Crippen molar-refractivity contribution in [3.63, 3.8) is 0 Å². The van der Waals surface area contributed by atoms with E-state index in [-0.39, 0.29) is 11.4 Å². The molecule has 1 saturated carbocycles. The smallest absolute Gasteiger partial charge is 0.153 e. The van der Waals surface area contributed by atoms with E-state index in [2.05, 4.69) is 0 Å². The molecule has 0 radical (unpaired) electrons. The van der Waals surface area contributed by atoms with Crippen molar-refractivity contribution in [3.05, 3.63) is 29.3 Å². The Hall–Kier alpha value is -1.36. The van der Waals surface area contributed by atoms with Crippen LogP contribution >= 0.6 is 0 Å². The number of sulfone groups is 1. The molecule has 2 atom stereocenters. The summed E-state index contributed by atoms with van der Waals surface area (Å²) in [5, 5.41) is -0.327. The lowest BCUT2D eigenvalue weighted by Crippen LogP contribution is -2.33. The van der Waals surface area contributed by atoms with Crippen LogP contribution < -0.4 is 4.74 Å². The van der Waals surface area contributed by atoms with Crippen LogP contribution in [-0.4, -0.2) is 32.3 Å².